The van der Waals surface area contributed by atoms with E-state index in [1.54, 1.807) is 6.07 Å². The van der Waals surface area contributed by atoms with Gasteiger partial charge in [-0.1, -0.05) is 25.8 Å². The molecule has 2 N–H and O–H groups in total. The normalized spacial score (nSPS) is 30.6. The van der Waals surface area contributed by atoms with Crippen LogP contribution in [0.5, 0.6) is 5.75 Å². The van der Waals surface area contributed by atoms with Crippen molar-refractivity contribution in [3.8, 4) is 5.75 Å². The summed E-state index contributed by atoms with van der Waals surface area (Å²) in [4.78, 5) is 2.07. The number of benzene rings is 1. The molecule has 0 radical (unpaired) electrons. The van der Waals surface area contributed by atoms with Gasteiger partial charge in [0.05, 0.1) is 6.10 Å². The number of aliphatic hydroxyl groups is 1. The second-order valence-corrected chi connectivity index (χ2v) is 13.4. The van der Waals surface area contributed by atoms with Gasteiger partial charge in [-0.25, -0.2) is 4.39 Å². The third kappa shape index (κ3) is 7.36. The van der Waals surface area contributed by atoms with Gasteiger partial charge in [-0.05, 0) is 137 Å². The molecule has 2 saturated carbocycles. The van der Waals surface area contributed by atoms with Gasteiger partial charge >= 0.3 is 12.1 Å². The van der Waals surface area contributed by atoms with E-state index in [9.17, 15) is 32.2 Å². The molecule has 0 saturated heterocycles. The highest BCUT2D eigenvalue weighted by molar-refractivity contribution is 5.40. The van der Waals surface area contributed by atoms with Gasteiger partial charge in [0.1, 0.15) is 11.9 Å². The van der Waals surface area contributed by atoms with E-state index in [1.807, 2.05) is 19.2 Å². The molecular weight excluding hydrogens is 544 g/mol. The molecule has 0 heterocycles. The first-order chi connectivity index (χ1) is 19.2. The Balaban J connectivity index is 1.23. The van der Waals surface area contributed by atoms with Crippen molar-refractivity contribution in [2.24, 2.45) is 23.2 Å². The second kappa shape index (κ2) is 13.0. The molecule has 0 spiro atoms. The third-order valence-electron chi connectivity index (χ3n) is 10.6. The van der Waals surface area contributed by atoms with Crippen LogP contribution in [0.15, 0.2) is 18.2 Å². The summed E-state index contributed by atoms with van der Waals surface area (Å²) in [7, 11) is 1.93. The van der Waals surface area contributed by atoms with Crippen molar-refractivity contribution in [1.82, 2.24) is 4.90 Å². The van der Waals surface area contributed by atoms with Gasteiger partial charge in [0.15, 0.2) is 0 Å². The van der Waals surface area contributed by atoms with E-state index in [4.69, 9.17) is 0 Å². The Hall–Kier alpha value is -1.48. The van der Waals surface area contributed by atoms with Gasteiger partial charge < -0.3 is 15.1 Å². The van der Waals surface area contributed by atoms with Gasteiger partial charge in [0.2, 0.25) is 0 Å². The highest BCUT2D eigenvalue weighted by atomic mass is 19.4. The van der Waals surface area contributed by atoms with E-state index < -0.39 is 24.7 Å². The summed E-state index contributed by atoms with van der Waals surface area (Å²) >= 11 is 0. The molecule has 3 aliphatic carbocycles. The average Bonchev–Trinajstić information content (AvgIpc) is 3.19. The number of alkyl halides is 6. The number of phenolic OH excluding ortho intramolecular Hbond substituents is 1. The average molecular weight is 592 g/mol. The fourth-order valence-electron chi connectivity index (χ4n) is 8.34. The molecule has 0 bridgehead atoms. The number of nitrogens with zero attached hydrogens (tertiary/aromatic N) is 1. The maximum Gasteiger partial charge on any atom is 0.453 e. The van der Waals surface area contributed by atoms with Gasteiger partial charge in [-0.3, -0.25) is 0 Å². The minimum Gasteiger partial charge on any atom is -0.508 e. The summed E-state index contributed by atoms with van der Waals surface area (Å²) in [5.41, 5.74) is 2.31. The number of halogens is 6. The number of phenols is 1. The lowest BCUT2D eigenvalue weighted by Crippen LogP contribution is -2.47. The lowest BCUT2D eigenvalue weighted by molar-refractivity contribution is -0.284. The first-order valence-electron chi connectivity index (χ1n) is 15.5. The summed E-state index contributed by atoms with van der Waals surface area (Å²) < 4.78 is 78.2. The van der Waals surface area contributed by atoms with Crippen LogP contribution >= 0.6 is 0 Å². The smallest absolute Gasteiger partial charge is 0.453 e. The SMILES string of the molecule is CN(CCCCCCC(F)(F)C(F)(F)F)CCCC(F)C[C@@H]1Cc2cc(O)ccc2[C@H]2CC[C@]3(C)[C@@H](O)CC[C@H]3[C@H]12. The van der Waals surface area contributed by atoms with E-state index in [0.29, 0.717) is 69.4 Å². The number of unbranched alkanes of at least 4 members (excludes halogenated alkanes) is 3. The van der Waals surface area contributed by atoms with E-state index >= 15 is 4.39 Å². The zero-order chi connectivity index (χ0) is 30.0. The quantitative estimate of drug-likeness (QED) is 0.179. The van der Waals surface area contributed by atoms with E-state index in [2.05, 4.69) is 11.8 Å². The summed E-state index contributed by atoms with van der Waals surface area (Å²) in [6, 6.07) is 5.65. The fourth-order valence-corrected chi connectivity index (χ4v) is 8.34. The van der Waals surface area contributed by atoms with Crippen LogP contribution in [0.3, 0.4) is 0 Å². The van der Waals surface area contributed by atoms with Crippen LogP contribution in [0, 0.1) is 23.2 Å². The van der Waals surface area contributed by atoms with Crippen LogP contribution in [0.25, 0.3) is 0 Å². The van der Waals surface area contributed by atoms with Crippen LogP contribution in [-0.2, 0) is 6.42 Å². The monoisotopic (exact) mass is 591 g/mol. The van der Waals surface area contributed by atoms with Crippen molar-refractivity contribution in [1.29, 1.82) is 0 Å². The second-order valence-electron chi connectivity index (χ2n) is 13.4. The number of fused-ring (bicyclic) bond motifs is 5. The molecule has 4 rings (SSSR count). The molecular formula is C32H47F6NO2. The Labute approximate surface area is 240 Å². The van der Waals surface area contributed by atoms with Gasteiger partial charge in [0, 0.05) is 6.42 Å². The Morgan fingerprint density at radius 3 is 2.44 bits per heavy atom. The highest BCUT2D eigenvalue weighted by Gasteiger charge is 2.57. The Morgan fingerprint density at radius 1 is 1.00 bits per heavy atom. The van der Waals surface area contributed by atoms with E-state index in [-0.39, 0.29) is 29.6 Å². The van der Waals surface area contributed by atoms with Crippen molar-refractivity contribution in [2.75, 3.05) is 20.1 Å². The van der Waals surface area contributed by atoms with Crippen molar-refractivity contribution < 1.29 is 36.6 Å². The number of aliphatic hydroxyl groups excluding tert-OH is 1. The molecule has 41 heavy (non-hydrogen) atoms. The highest BCUT2D eigenvalue weighted by Crippen LogP contribution is 2.62. The van der Waals surface area contributed by atoms with Crippen LogP contribution in [0.2, 0.25) is 0 Å². The molecule has 1 aromatic rings. The maximum absolute atomic E-state index is 15.5. The summed E-state index contributed by atoms with van der Waals surface area (Å²) in [6.07, 6.45) is -0.326. The van der Waals surface area contributed by atoms with E-state index in [1.165, 1.54) is 5.56 Å². The van der Waals surface area contributed by atoms with Crippen molar-refractivity contribution in [3.63, 3.8) is 0 Å². The minimum atomic E-state index is -5.48. The molecule has 3 nitrogen and oxygen atoms in total. The van der Waals surface area contributed by atoms with Crippen molar-refractivity contribution in [2.45, 2.75) is 121 Å². The zero-order valence-corrected chi connectivity index (χ0v) is 24.4. The van der Waals surface area contributed by atoms with Gasteiger partial charge in [-0.2, -0.15) is 22.0 Å². The number of hydrogen-bond acceptors (Lipinski definition) is 3. The lowest BCUT2D eigenvalue weighted by Gasteiger charge is -2.53. The van der Waals surface area contributed by atoms with Gasteiger partial charge in [-0.15, -0.1) is 0 Å². The molecule has 9 heteroatoms. The molecule has 234 valence electrons. The lowest BCUT2D eigenvalue weighted by atomic mass is 9.52. The maximum atomic E-state index is 15.5. The van der Waals surface area contributed by atoms with Crippen molar-refractivity contribution >= 4 is 0 Å². The Morgan fingerprint density at radius 2 is 1.71 bits per heavy atom. The fraction of sp³-hybridized carbons (Fsp3) is 0.812. The number of hydrogen-bond donors (Lipinski definition) is 2. The van der Waals surface area contributed by atoms with Crippen LogP contribution < -0.4 is 0 Å². The molecule has 3 aliphatic rings. The number of rotatable bonds is 13. The summed E-state index contributed by atoms with van der Waals surface area (Å²) in [5.74, 6) is -3.16. The third-order valence-corrected chi connectivity index (χ3v) is 10.6. The van der Waals surface area contributed by atoms with E-state index in [0.717, 1.165) is 37.7 Å². The Kier molecular flexibility index (Phi) is 10.3. The molecule has 7 atom stereocenters. The minimum absolute atomic E-state index is 0.110. The standard InChI is InChI=1S/C32H47F6NO2/c1-30-15-13-26-25-10-9-24(40)20-21(25)18-22(29(26)27(30)11-12-28(30)41)19-23(33)8-7-17-39(2)16-6-4-3-5-14-31(34,35)32(36,37)38/h9-10,20,22-23,26-29,40-41H,3-8,11-19H2,1-2H3/t22-,23?,26+,27-,28-,29+,30-/m0/s1. The predicted octanol–water partition coefficient (Wildman–Crippen LogP) is 8.42. The molecule has 1 aromatic carbocycles. The molecule has 0 aliphatic heterocycles. The predicted molar refractivity (Wildman–Crippen MR) is 148 cm³/mol. The largest absolute Gasteiger partial charge is 0.508 e. The van der Waals surface area contributed by atoms with Crippen molar-refractivity contribution in [3.05, 3.63) is 29.3 Å². The first-order valence-corrected chi connectivity index (χ1v) is 15.5. The topological polar surface area (TPSA) is 43.7 Å². The van der Waals surface area contributed by atoms with Crippen LogP contribution in [0.1, 0.15) is 101 Å². The van der Waals surface area contributed by atoms with Gasteiger partial charge in [0.25, 0.3) is 0 Å². The first kappa shape index (κ1) is 32.4. The van der Waals surface area contributed by atoms with Crippen LogP contribution in [0.4, 0.5) is 26.3 Å². The molecule has 0 amide bonds. The number of aromatic hydroxyl groups is 1. The molecule has 2 fully saturated rings. The van der Waals surface area contributed by atoms with Crippen LogP contribution in [-0.4, -0.2) is 59.6 Å². The summed E-state index contributed by atoms with van der Waals surface area (Å²) in [5, 5.41) is 21.0. The Bertz CT molecular complexity index is 1000. The molecule has 0 aromatic heterocycles. The summed E-state index contributed by atoms with van der Waals surface area (Å²) in [6.45, 7) is 3.62. The molecule has 1 unspecified atom stereocenters. The zero-order valence-electron chi connectivity index (χ0n) is 24.4.